The van der Waals surface area contributed by atoms with Gasteiger partial charge in [-0.05, 0) is 0 Å². The number of hydrogen-bond donors (Lipinski definition) is 0. The minimum absolute atomic E-state index is 0. The Labute approximate surface area is 75.8 Å². The molecule has 0 spiro atoms. The maximum Gasteiger partial charge on any atom is 0 e. The van der Waals surface area contributed by atoms with Crippen molar-refractivity contribution in [2.24, 2.45) is 0 Å². The fourth-order valence-corrected chi connectivity index (χ4v) is 0.888. The first kappa shape index (κ1) is 9.35. The molecule has 0 radical (unpaired) electrons. The Balaban J connectivity index is 0.000000640. The van der Waals surface area contributed by atoms with Gasteiger partial charge in [-0.25, -0.2) is 11.6 Å². The molecule has 0 heterocycles. The molecule has 0 atom stereocenters. The zero-order valence-electron chi connectivity index (χ0n) is 5.99. The van der Waals surface area contributed by atoms with Crippen molar-refractivity contribution in [3.05, 3.63) is 23.3 Å². The zero-order valence-corrected chi connectivity index (χ0v) is 9.58. The number of hydrogen-bond acceptors (Lipinski definition) is 0. The third-order valence-electron chi connectivity index (χ3n) is 1.47. The van der Waals surface area contributed by atoms with Gasteiger partial charge in [0.2, 0.25) is 0 Å². The Bertz CT molecular complexity index is 143. The van der Waals surface area contributed by atoms with Crippen LogP contribution >= 0.6 is 0 Å². The smallest absolute Gasteiger partial charge is 0 e. The van der Waals surface area contributed by atoms with Gasteiger partial charge in [-0.15, -0.1) is 6.42 Å². The second kappa shape index (κ2) is 4.21. The Morgan fingerprint density at radius 1 is 1.67 bits per heavy atom. The maximum absolute atomic E-state index is 3.24. The monoisotopic (exact) mass is 287 g/mol. The van der Waals surface area contributed by atoms with E-state index in [1.807, 2.05) is 0 Å². The molecule has 1 rings (SSSR count). The van der Waals surface area contributed by atoms with Crippen molar-refractivity contribution in [1.82, 2.24) is 0 Å². The molecule has 0 unspecified atom stereocenters. The molecule has 0 amide bonds. The number of rotatable bonds is 1. The molecule has 0 bridgehead atoms. The quantitative estimate of drug-likeness (QED) is 0.513. The topological polar surface area (TPSA) is 0 Å². The van der Waals surface area contributed by atoms with E-state index in [4.69, 9.17) is 0 Å². The van der Waals surface area contributed by atoms with Gasteiger partial charge in [0.05, 0.1) is 0 Å². The first-order valence-corrected chi connectivity index (χ1v) is 3.10. The van der Waals surface area contributed by atoms with E-state index in [1.165, 1.54) is 17.6 Å². The fourth-order valence-electron chi connectivity index (χ4n) is 0.888. The normalized spacial score (nSPS) is 16.2. The van der Waals surface area contributed by atoms with Crippen LogP contribution in [0.1, 0.15) is 26.7 Å². The van der Waals surface area contributed by atoms with Crippen molar-refractivity contribution in [2.45, 2.75) is 26.7 Å². The van der Waals surface area contributed by atoms with Crippen molar-refractivity contribution < 1.29 is 25.8 Å². The van der Waals surface area contributed by atoms with Crippen LogP contribution in [-0.2, 0) is 25.8 Å². The van der Waals surface area contributed by atoms with Gasteiger partial charge < -0.3 is 0 Å². The average Bonchev–Trinajstić information content (AvgIpc) is 2.14. The molecular formula is C8H11Hf-. The molecule has 1 aliphatic carbocycles. The molecule has 0 aromatic carbocycles. The predicted octanol–water partition coefficient (Wildman–Crippen LogP) is 2.47. The van der Waals surface area contributed by atoms with Crippen LogP contribution in [0.4, 0.5) is 0 Å². The van der Waals surface area contributed by atoms with Gasteiger partial charge in [-0.2, -0.15) is 5.57 Å². The molecule has 0 saturated heterocycles. The summed E-state index contributed by atoms with van der Waals surface area (Å²) in [6, 6.07) is 0. The van der Waals surface area contributed by atoms with Crippen LogP contribution in [-0.4, -0.2) is 0 Å². The van der Waals surface area contributed by atoms with E-state index in [0.717, 1.165) is 6.42 Å². The van der Waals surface area contributed by atoms with Crippen LogP contribution in [0.2, 0.25) is 0 Å². The molecule has 0 aliphatic heterocycles. The first-order valence-electron chi connectivity index (χ1n) is 3.10. The van der Waals surface area contributed by atoms with Crippen LogP contribution in [0.5, 0.6) is 0 Å². The molecule has 0 nitrogen and oxygen atoms in total. The second-order valence-corrected chi connectivity index (χ2v) is 2.19. The van der Waals surface area contributed by atoms with Crippen LogP contribution in [0.15, 0.2) is 17.2 Å². The van der Waals surface area contributed by atoms with Gasteiger partial charge in [0.1, 0.15) is 0 Å². The summed E-state index contributed by atoms with van der Waals surface area (Å²) < 4.78 is 0. The molecular weight excluding hydrogens is 275 g/mol. The molecule has 0 aromatic heterocycles. The summed E-state index contributed by atoms with van der Waals surface area (Å²) in [5.41, 5.74) is 2.82. The van der Waals surface area contributed by atoms with Gasteiger partial charge in [0.25, 0.3) is 0 Å². The largest absolute Gasteiger partial charge is 0.269 e. The summed E-state index contributed by atoms with van der Waals surface area (Å²) >= 11 is 0. The van der Waals surface area contributed by atoms with Crippen molar-refractivity contribution in [1.29, 1.82) is 0 Å². The van der Waals surface area contributed by atoms with Crippen LogP contribution in [0.3, 0.4) is 0 Å². The summed E-state index contributed by atoms with van der Waals surface area (Å²) in [5, 5.41) is 0. The van der Waals surface area contributed by atoms with E-state index in [1.54, 1.807) is 0 Å². The summed E-state index contributed by atoms with van der Waals surface area (Å²) in [6.45, 7) is 4.29. The zero-order chi connectivity index (χ0) is 5.98. The van der Waals surface area contributed by atoms with Crippen LogP contribution < -0.4 is 0 Å². The third kappa shape index (κ3) is 2.61. The third-order valence-corrected chi connectivity index (χ3v) is 1.47. The molecule has 0 saturated carbocycles. The molecule has 1 heteroatoms. The Morgan fingerprint density at radius 2 is 2.33 bits per heavy atom. The fraction of sp³-hybridized carbons (Fsp3) is 0.500. The maximum atomic E-state index is 3.24. The van der Waals surface area contributed by atoms with Crippen molar-refractivity contribution >= 4 is 0 Å². The van der Waals surface area contributed by atoms with E-state index >= 15 is 0 Å². The average molecular weight is 286 g/mol. The Kier molecular flexibility index (Phi) is 4.37. The molecule has 48 valence electrons. The molecule has 9 heavy (non-hydrogen) atoms. The van der Waals surface area contributed by atoms with E-state index in [0.29, 0.717) is 0 Å². The van der Waals surface area contributed by atoms with E-state index in [2.05, 4.69) is 26.0 Å². The van der Waals surface area contributed by atoms with Crippen LogP contribution in [0, 0.1) is 6.08 Å². The minimum Gasteiger partial charge on any atom is -0.269 e. The SMILES string of the molecule is CCC1=CC(C)=[C-]C1.[Hf]. The standard InChI is InChI=1S/C8H11.Hf/c1-3-8-5-4-7(2)6-8;/h6H,3,5H2,1-2H3;/q-1;. The molecule has 0 aromatic rings. The second-order valence-electron chi connectivity index (χ2n) is 2.19. The number of allylic oxidation sites excluding steroid dienone is 4. The van der Waals surface area contributed by atoms with Crippen molar-refractivity contribution in [2.75, 3.05) is 0 Å². The van der Waals surface area contributed by atoms with Gasteiger partial charge >= 0.3 is 0 Å². The Morgan fingerprint density at radius 3 is 2.56 bits per heavy atom. The van der Waals surface area contributed by atoms with Crippen molar-refractivity contribution in [3.8, 4) is 0 Å². The van der Waals surface area contributed by atoms with Gasteiger partial charge in [-0.1, -0.05) is 20.3 Å². The van der Waals surface area contributed by atoms with Crippen LogP contribution in [0.25, 0.3) is 0 Å². The Hall–Kier alpha value is 0.350. The molecule has 0 fully saturated rings. The summed E-state index contributed by atoms with van der Waals surface area (Å²) in [7, 11) is 0. The van der Waals surface area contributed by atoms with E-state index in [9.17, 15) is 0 Å². The van der Waals surface area contributed by atoms with E-state index in [-0.39, 0.29) is 25.8 Å². The van der Waals surface area contributed by atoms with E-state index < -0.39 is 0 Å². The van der Waals surface area contributed by atoms with Crippen molar-refractivity contribution in [3.63, 3.8) is 0 Å². The molecule has 1 aliphatic rings. The summed E-state index contributed by atoms with van der Waals surface area (Å²) in [4.78, 5) is 0. The van der Waals surface area contributed by atoms with Gasteiger partial charge in [-0.3, -0.25) is 6.08 Å². The minimum atomic E-state index is 0. The van der Waals surface area contributed by atoms with Gasteiger partial charge in [0.15, 0.2) is 0 Å². The molecule has 0 N–H and O–H groups in total. The first-order chi connectivity index (χ1) is 3.83. The van der Waals surface area contributed by atoms with Gasteiger partial charge in [0, 0.05) is 25.8 Å². The summed E-state index contributed by atoms with van der Waals surface area (Å²) in [5.74, 6) is 0. The predicted molar refractivity (Wildman–Crippen MR) is 35.4 cm³/mol. The summed E-state index contributed by atoms with van der Waals surface area (Å²) in [6.07, 6.45) is 7.72.